The summed E-state index contributed by atoms with van der Waals surface area (Å²) in [4.78, 5) is 18.0. The largest absolute Gasteiger partial charge is 0.338 e. The minimum absolute atomic E-state index is 0.134. The zero-order valence-corrected chi connectivity index (χ0v) is 18.0. The van der Waals surface area contributed by atoms with Crippen LogP contribution in [0.15, 0.2) is 48.5 Å². The molecule has 4 heteroatoms. The Kier molecular flexibility index (Phi) is 5.51. The van der Waals surface area contributed by atoms with E-state index >= 15 is 0 Å². The molecule has 3 aliphatic heterocycles. The summed E-state index contributed by atoms with van der Waals surface area (Å²) < 4.78 is 0. The third kappa shape index (κ3) is 3.85. The lowest BCUT2D eigenvalue weighted by atomic mass is 9.76. The standard InChI is InChI=1S/C26H33N3O/c1-19-9-10-21-12-15-28-18-22-8-5-14-29(24(22)17-25(28)23(21)16-19)26(30)27-13-11-20-6-3-2-4-7-20/h2-4,6-7,9-10,16,22,24-25H,5,8,11-15,17-18H2,1H3,(H,27,30)/t22-,24+,25+/m1/s1. The highest BCUT2D eigenvalue weighted by molar-refractivity contribution is 5.74. The second-order valence-corrected chi connectivity index (χ2v) is 9.33. The van der Waals surface area contributed by atoms with Gasteiger partial charge < -0.3 is 10.2 Å². The van der Waals surface area contributed by atoms with Crippen LogP contribution in [0.4, 0.5) is 4.79 Å². The van der Waals surface area contributed by atoms with Crippen LogP contribution >= 0.6 is 0 Å². The summed E-state index contributed by atoms with van der Waals surface area (Å²) in [5.74, 6) is 0.612. The maximum absolute atomic E-state index is 13.1. The summed E-state index contributed by atoms with van der Waals surface area (Å²) in [6.07, 6.45) is 5.50. The van der Waals surface area contributed by atoms with Gasteiger partial charge in [0.2, 0.25) is 0 Å². The van der Waals surface area contributed by atoms with Crippen molar-refractivity contribution in [1.82, 2.24) is 15.1 Å². The summed E-state index contributed by atoms with van der Waals surface area (Å²) in [6.45, 7) is 6.09. The molecule has 0 radical (unpaired) electrons. The van der Waals surface area contributed by atoms with Gasteiger partial charge in [0.15, 0.2) is 0 Å². The van der Waals surface area contributed by atoms with Gasteiger partial charge in [-0.05, 0) is 61.6 Å². The fourth-order valence-electron chi connectivity index (χ4n) is 5.87. The minimum Gasteiger partial charge on any atom is -0.338 e. The number of rotatable bonds is 3. The lowest BCUT2D eigenvalue weighted by Gasteiger charge is -2.52. The van der Waals surface area contributed by atoms with Crippen molar-refractivity contribution in [2.45, 2.75) is 51.1 Å². The fraction of sp³-hybridized carbons (Fsp3) is 0.500. The Morgan fingerprint density at radius 2 is 2.00 bits per heavy atom. The highest BCUT2D eigenvalue weighted by Crippen LogP contribution is 2.43. The van der Waals surface area contributed by atoms with Crippen molar-refractivity contribution >= 4 is 6.03 Å². The van der Waals surface area contributed by atoms with E-state index in [2.05, 4.69) is 64.5 Å². The number of carbonyl (C=O) groups is 1. The topological polar surface area (TPSA) is 35.6 Å². The van der Waals surface area contributed by atoms with Crippen molar-refractivity contribution in [2.24, 2.45) is 5.92 Å². The van der Waals surface area contributed by atoms with Crippen LogP contribution in [0.5, 0.6) is 0 Å². The number of hydrogen-bond donors (Lipinski definition) is 1. The van der Waals surface area contributed by atoms with E-state index in [1.54, 1.807) is 0 Å². The van der Waals surface area contributed by atoms with E-state index < -0.39 is 0 Å². The van der Waals surface area contributed by atoms with Gasteiger partial charge in [0.05, 0.1) is 0 Å². The van der Waals surface area contributed by atoms with E-state index in [4.69, 9.17) is 0 Å². The quantitative estimate of drug-likeness (QED) is 0.828. The number of benzene rings is 2. The van der Waals surface area contributed by atoms with Crippen LogP contribution in [0, 0.1) is 12.8 Å². The van der Waals surface area contributed by atoms with Gasteiger partial charge >= 0.3 is 6.03 Å². The zero-order valence-electron chi connectivity index (χ0n) is 18.0. The predicted octanol–water partition coefficient (Wildman–Crippen LogP) is 4.33. The van der Waals surface area contributed by atoms with Crippen molar-refractivity contribution in [3.05, 3.63) is 70.8 Å². The molecule has 0 unspecified atom stereocenters. The van der Waals surface area contributed by atoms with Crippen molar-refractivity contribution in [3.8, 4) is 0 Å². The number of hydrogen-bond acceptors (Lipinski definition) is 2. The number of urea groups is 1. The van der Waals surface area contributed by atoms with Gasteiger partial charge in [-0.1, -0.05) is 54.1 Å². The van der Waals surface area contributed by atoms with E-state index in [-0.39, 0.29) is 6.03 Å². The van der Waals surface area contributed by atoms with Gasteiger partial charge in [-0.25, -0.2) is 4.79 Å². The molecule has 0 spiro atoms. The number of aryl methyl sites for hydroxylation is 1. The maximum Gasteiger partial charge on any atom is 0.317 e. The number of likely N-dealkylation sites (tertiary alicyclic amines) is 1. The van der Waals surface area contributed by atoms with E-state index in [0.717, 1.165) is 45.3 Å². The summed E-state index contributed by atoms with van der Waals surface area (Å²) >= 11 is 0. The van der Waals surface area contributed by atoms with E-state index in [1.165, 1.54) is 28.7 Å². The Morgan fingerprint density at radius 1 is 1.13 bits per heavy atom. The smallest absolute Gasteiger partial charge is 0.317 e. The highest BCUT2D eigenvalue weighted by atomic mass is 16.2. The van der Waals surface area contributed by atoms with Crippen molar-refractivity contribution in [3.63, 3.8) is 0 Å². The van der Waals surface area contributed by atoms with E-state index in [1.807, 2.05) is 6.07 Å². The van der Waals surface area contributed by atoms with Crippen LogP contribution in [-0.2, 0) is 12.8 Å². The fourth-order valence-corrected chi connectivity index (χ4v) is 5.87. The maximum atomic E-state index is 13.1. The molecule has 3 heterocycles. The van der Waals surface area contributed by atoms with Gasteiger partial charge in [-0.3, -0.25) is 4.90 Å². The Morgan fingerprint density at radius 3 is 2.87 bits per heavy atom. The predicted molar refractivity (Wildman–Crippen MR) is 121 cm³/mol. The lowest BCUT2D eigenvalue weighted by Crippen LogP contribution is -2.59. The minimum atomic E-state index is 0.134. The van der Waals surface area contributed by atoms with Crippen LogP contribution in [0.25, 0.3) is 0 Å². The number of nitrogens with zero attached hydrogens (tertiary/aromatic N) is 2. The van der Waals surface area contributed by atoms with E-state index in [0.29, 0.717) is 24.5 Å². The first-order valence-corrected chi connectivity index (χ1v) is 11.6. The van der Waals surface area contributed by atoms with Crippen molar-refractivity contribution in [2.75, 3.05) is 26.2 Å². The number of carbonyl (C=O) groups excluding carboxylic acids is 1. The molecular formula is C26H33N3O. The first-order chi connectivity index (χ1) is 14.7. The molecule has 0 aromatic heterocycles. The van der Waals surface area contributed by atoms with E-state index in [9.17, 15) is 4.79 Å². The molecule has 3 aliphatic rings. The van der Waals surface area contributed by atoms with Crippen LogP contribution in [0.2, 0.25) is 0 Å². The number of nitrogens with one attached hydrogen (secondary N) is 1. The Bertz CT molecular complexity index is 896. The molecule has 3 atom stereocenters. The summed E-state index contributed by atoms with van der Waals surface area (Å²) in [6, 6.07) is 18.3. The number of piperidine rings is 2. The van der Waals surface area contributed by atoms with Gasteiger partial charge in [0.1, 0.15) is 0 Å². The molecule has 2 aromatic rings. The first kappa shape index (κ1) is 19.6. The number of amides is 2. The SMILES string of the molecule is Cc1ccc2c(c1)[C@@H]1C[C@H]3[C@H](CCCN3C(=O)NCCc3ccccc3)CN1CC2. The monoisotopic (exact) mass is 403 g/mol. The first-order valence-electron chi connectivity index (χ1n) is 11.6. The summed E-state index contributed by atoms with van der Waals surface area (Å²) in [7, 11) is 0. The third-order valence-corrected chi connectivity index (χ3v) is 7.42. The molecule has 30 heavy (non-hydrogen) atoms. The molecule has 0 bridgehead atoms. The Balaban J connectivity index is 1.28. The summed E-state index contributed by atoms with van der Waals surface area (Å²) in [5, 5.41) is 3.21. The second kappa shape index (κ2) is 8.43. The Hall–Kier alpha value is -2.33. The molecular weight excluding hydrogens is 370 g/mol. The molecule has 2 saturated heterocycles. The average Bonchev–Trinajstić information content (AvgIpc) is 2.78. The van der Waals surface area contributed by atoms with Gasteiger partial charge in [0, 0.05) is 38.3 Å². The molecule has 4 nitrogen and oxygen atoms in total. The van der Waals surface area contributed by atoms with Crippen LogP contribution in [-0.4, -0.2) is 48.1 Å². The molecule has 5 rings (SSSR count). The van der Waals surface area contributed by atoms with Crippen LogP contribution < -0.4 is 5.32 Å². The molecule has 2 fully saturated rings. The molecule has 2 aromatic carbocycles. The van der Waals surface area contributed by atoms with Gasteiger partial charge in [-0.15, -0.1) is 0 Å². The molecule has 1 N–H and O–H groups in total. The average molecular weight is 404 g/mol. The molecule has 2 amide bonds. The normalized spacial score (nSPS) is 25.8. The Labute approximate surface area is 180 Å². The van der Waals surface area contributed by atoms with Crippen molar-refractivity contribution in [1.29, 1.82) is 0 Å². The van der Waals surface area contributed by atoms with Crippen molar-refractivity contribution < 1.29 is 4.79 Å². The third-order valence-electron chi connectivity index (χ3n) is 7.42. The van der Waals surface area contributed by atoms with Crippen LogP contribution in [0.1, 0.15) is 47.6 Å². The lowest BCUT2D eigenvalue weighted by molar-refractivity contribution is 0.00577. The highest BCUT2D eigenvalue weighted by Gasteiger charge is 2.43. The van der Waals surface area contributed by atoms with Gasteiger partial charge in [-0.2, -0.15) is 0 Å². The molecule has 158 valence electrons. The second-order valence-electron chi connectivity index (χ2n) is 9.33. The van der Waals surface area contributed by atoms with Gasteiger partial charge in [0.25, 0.3) is 0 Å². The molecule has 0 saturated carbocycles. The summed E-state index contributed by atoms with van der Waals surface area (Å²) in [5.41, 5.74) is 5.64. The van der Waals surface area contributed by atoms with Crippen LogP contribution in [0.3, 0.4) is 0 Å². The number of fused-ring (bicyclic) bond motifs is 4. The zero-order chi connectivity index (χ0) is 20.5. The molecule has 0 aliphatic carbocycles.